The van der Waals surface area contributed by atoms with Crippen LogP contribution in [-0.2, 0) is 61.6 Å². The number of hydrogen-bond donors (Lipinski definition) is 17. The van der Waals surface area contributed by atoms with Gasteiger partial charge in [0.15, 0.2) is 37.7 Å². The van der Waals surface area contributed by atoms with Crippen LogP contribution in [0.25, 0.3) is 0 Å². The number of aliphatic carboxylic acids is 1. The molecule has 11 aliphatic rings. The molecule has 0 radical (unpaired) electrons. The molecule has 0 amide bonds. The molecule has 37 atom stereocenters. The van der Waals surface area contributed by atoms with E-state index in [-0.39, 0.29) is 34.0 Å². The molecule has 0 bridgehead atoms. The van der Waals surface area contributed by atoms with E-state index in [9.17, 15) is 91.6 Å². The Balaban J connectivity index is 0.976. The van der Waals surface area contributed by atoms with Gasteiger partial charge in [-0.05, 0) is 117 Å². The van der Waals surface area contributed by atoms with Gasteiger partial charge in [-0.2, -0.15) is 0 Å². The first-order valence-electron chi connectivity index (χ1n) is 33.5. The summed E-state index contributed by atoms with van der Waals surface area (Å²) in [5.74, 6) is -0.996. The Morgan fingerprint density at radius 2 is 1.02 bits per heavy atom. The highest BCUT2D eigenvalue weighted by atomic mass is 16.8. The lowest BCUT2D eigenvalue weighted by atomic mass is 9.33. The summed E-state index contributed by atoms with van der Waals surface area (Å²) in [6.07, 6.45) is -43.6. The van der Waals surface area contributed by atoms with Gasteiger partial charge in [0.1, 0.15) is 122 Å². The van der Waals surface area contributed by atoms with Crippen LogP contribution in [0.15, 0.2) is 11.6 Å². The normalized spacial score (nSPS) is 55.3. The Bertz CT molecular complexity index is 2640. The predicted octanol–water partition coefficient (Wildman–Crippen LogP) is -3.52. The van der Waals surface area contributed by atoms with Crippen molar-refractivity contribution in [3.63, 3.8) is 0 Å². The average molecular weight is 1350 g/mol. The standard InChI is InChI=1S/C64H104O30/c1-25-36(69)41(74)45(78)53(85-25)89-32-23-84-56(90-35-12-13-60(5)33(61(35,6)24-67)11-14-63(8)34(60)10-9-27-28-19-59(3,4)15-17-64(28,58(81)82)18-16-62(27,63)7)50(93-54-46(79)42(75)37(70)26(2)86-54)48(32)91-57-51(94-55-47(80)43(76)39(72)30(20-65)87-55)49(40(73)31(21-66)88-57)92-52-44(77)38(71)29(68)22-83-52/h9,25-26,28-57,65-80H,10-24H2,1-8H3,(H,81,82)/t25-,26-,28+,29+,30+,31+,32-,33?,34+,35-,36-,37-,38-,39?,40+,41+,42+,43?,44+,45+,46+,47?,48-,49-,50+,51+,52-,53-,54-,55?,56-,57-,60-,61?,62+,63+,64-/m0/s1. The third-order valence-corrected chi connectivity index (χ3v) is 25.0. The minimum Gasteiger partial charge on any atom is -0.481 e. The van der Waals surface area contributed by atoms with Gasteiger partial charge < -0.3 is 144 Å². The fourth-order valence-electron chi connectivity index (χ4n) is 18.9. The smallest absolute Gasteiger partial charge is 0.310 e. The Morgan fingerprint density at radius 1 is 0.500 bits per heavy atom. The molecule has 4 saturated carbocycles. The van der Waals surface area contributed by atoms with E-state index in [1.807, 2.05) is 6.92 Å². The van der Waals surface area contributed by atoms with Crippen molar-refractivity contribution in [3.05, 3.63) is 11.6 Å². The van der Waals surface area contributed by atoms with Gasteiger partial charge in [-0.15, -0.1) is 0 Å². The van der Waals surface area contributed by atoms with Crippen LogP contribution >= 0.6 is 0 Å². The van der Waals surface area contributed by atoms with E-state index in [2.05, 4.69) is 40.7 Å². The highest BCUT2D eigenvalue weighted by Crippen LogP contribution is 2.76. The van der Waals surface area contributed by atoms with Crippen LogP contribution in [0, 0.1) is 50.2 Å². The van der Waals surface area contributed by atoms with Crippen molar-refractivity contribution in [2.75, 3.05) is 33.0 Å². The molecule has 0 aromatic carbocycles. The lowest BCUT2D eigenvalue weighted by Crippen LogP contribution is -2.69. The zero-order valence-electron chi connectivity index (χ0n) is 54.6. The summed E-state index contributed by atoms with van der Waals surface area (Å²) < 4.78 is 76.1. The fourth-order valence-corrected chi connectivity index (χ4v) is 18.9. The van der Waals surface area contributed by atoms with E-state index in [1.54, 1.807) is 0 Å². The summed E-state index contributed by atoms with van der Waals surface area (Å²) in [5, 5.41) is 189. The summed E-state index contributed by atoms with van der Waals surface area (Å²) in [6, 6.07) is 0. The molecular formula is C64H104O30. The van der Waals surface area contributed by atoms with Crippen LogP contribution in [0.3, 0.4) is 0 Å². The van der Waals surface area contributed by atoms with Crippen LogP contribution in [-0.4, -0.2) is 304 Å². The Labute approximate surface area is 545 Å². The SMILES string of the molecule is C[C@@H]1O[C@@H](O[C@H]2[C@H](O[C@H]3CC[C@@]4(C)C(CC[C@]5(C)[C@@H]4CC=C4[C@H]6CC(C)(C)CC[C@]6(C(=O)O)CC[C@]45C)C3(C)CO)OC[C@H](O[C@@H]3O[C@@H](C)[C@H](O)[C@@H](O)[C@H]3O)[C@@H]2O[C@@H]2O[C@H](CO)[C@@H](O)[C@H](O[C@@H]3OC[C@@H](O)[C@H](O)[C@H]3O)[C@H]2OC2O[C@H](CO)C(O)C(O)C2O)[C@H](O)[C@H](O)[C@H]1O. The molecule has 11 rings (SSSR count). The highest BCUT2D eigenvalue weighted by Gasteiger charge is 2.71. The van der Waals surface area contributed by atoms with Gasteiger partial charge in [0.2, 0.25) is 0 Å². The minimum atomic E-state index is -2.16. The van der Waals surface area contributed by atoms with Crippen molar-refractivity contribution in [2.24, 2.45) is 50.2 Å². The number of aliphatic hydroxyl groups excluding tert-OH is 16. The van der Waals surface area contributed by atoms with E-state index < -0.39 is 233 Å². The lowest BCUT2D eigenvalue weighted by molar-refractivity contribution is -0.418. The Morgan fingerprint density at radius 3 is 1.63 bits per heavy atom. The quantitative estimate of drug-likeness (QED) is 0.0526. The summed E-state index contributed by atoms with van der Waals surface area (Å²) in [4.78, 5) is 13.4. The third kappa shape index (κ3) is 12.4. The molecule has 540 valence electrons. The third-order valence-electron chi connectivity index (χ3n) is 25.0. The molecule has 17 N–H and O–H groups in total. The zero-order chi connectivity index (χ0) is 68.4. The fraction of sp³-hybridized carbons (Fsp3) is 0.953. The maximum absolute atomic E-state index is 13.4. The monoisotopic (exact) mass is 1350 g/mol. The van der Waals surface area contributed by atoms with E-state index in [4.69, 9.17) is 56.8 Å². The number of fused-ring (bicyclic) bond motifs is 7. The first kappa shape index (κ1) is 73.3. The minimum absolute atomic E-state index is 0.0433. The molecule has 0 aromatic rings. The molecule has 6 heterocycles. The highest BCUT2D eigenvalue weighted by molar-refractivity contribution is 5.76. The second-order valence-corrected chi connectivity index (χ2v) is 30.8. The van der Waals surface area contributed by atoms with E-state index in [0.29, 0.717) is 44.9 Å². The maximum Gasteiger partial charge on any atom is 0.310 e. The molecule has 6 aliphatic heterocycles. The van der Waals surface area contributed by atoms with Crippen molar-refractivity contribution < 1.29 is 148 Å². The van der Waals surface area contributed by atoms with E-state index in [0.717, 1.165) is 19.3 Å². The molecule has 6 saturated heterocycles. The Hall–Kier alpha value is -1.91. The second-order valence-electron chi connectivity index (χ2n) is 30.8. The first-order valence-corrected chi connectivity index (χ1v) is 33.5. The van der Waals surface area contributed by atoms with Crippen molar-refractivity contribution in [1.82, 2.24) is 0 Å². The van der Waals surface area contributed by atoms with Gasteiger partial charge in [0, 0.05) is 5.41 Å². The largest absolute Gasteiger partial charge is 0.481 e. The van der Waals surface area contributed by atoms with Gasteiger partial charge in [-0.1, -0.05) is 53.2 Å². The summed E-state index contributed by atoms with van der Waals surface area (Å²) in [7, 11) is 0. The van der Waals surface area contributed by atoms with Crippen molar-refractivity contribution in [1.29, 1.82) is 0 Å². The van der Waals surface area contributed by atoms with Crippen LogP contribution in [0.5, 0.6) is 0 Å². The molecular weight excluding hydrogens is 1250 g/mol. The molecule has 10 fully saturated rings. The van der Waals surface area contributed by atoms with Crippen LogP contribution in [0.2, 0.25) is 0 Å². The number of carboxylic acids is 1. The summed E-state index contributed by atoms with van der Waals surface area (Å²) in [6.45, 7) is 12.6. The first-order chi connectivity index (χ1) is 44.1. The van der Waals surface area contributed by atoms with Gasteiger partial charge >= 0.3 is 5.97 Å². The molecule has 0 aromatic heterocycles. The average Bonchev–Trinajstić information content (AvgIpc) is 0.676. The number of carboxylic acid groups (broad SMARTS) is 1. The lowest BCUT2D eigenvalue weighted by Gasteiger charge is -2.71. The predicted molar refractivity (Wildman–Crippen MR) is 315 cm³/mol. The van der Waals surface area contributed by atoms with Crippen molar-refractivity contribution >= 4 is 5.97 Å². The number of carbonyl (C=O) groups is 1. The van der Waals surface area contributed by atoms with Gasteiger partial charge in [-0.25, -0.2) is 0 Å². The van der Waals surface area contributed by atoms with Gasteiger partial charge in [0.25, 0.3) is 0 Å². The van der Waals surface area contributed by atoms with Crippen molar-refractivity contribution in [3.8, 4) is 0 Å². The molecule has 0 spiro atoms. The van der Waals surface area contributed by atoms with Crippen LogP contribution in [0.1, 0.15) is 120 Å². The zero-order valence-corrected chi connectivity index (χ0v) is 54.6. The second kappa shape index (κ2) is 27.5. The molecule has 6 unspecified atom stereocenters. The number of ether oxygens (including phenoxy) is 12. The van der Waals surface area contributed by atoms with Gasteiger partial charge in [-0.3, -0.25) is 4.79 Å². The molecule has 30 heteroatoms. The Kier molecular flexibility index (Phi) is 21.4. The number of aliphatic hydroxyl groups is 16. The number of allylic oxidation sites excluding steroid dienone is 2. The molecule has 5 aliphatic carbocycles. The van der Waals surface area contributed by atoms with Crippen LogP contribution in [0.4, 0.5) is 0 Å². The van der Waals surface area contributed by atoms with Crippen molar-refractivity contribution in [2.45, 2.75) is 298 Å². The van der Waals surface area contributed by atoms with E-state index in [1.165, 1.54) is 19.4 Å². The van der Waals surface area contributed by atoms with Crippen LogP contribution < -0.4 is 0 Å². The topological polar surface area (TPSA) is 472 Å². The molecule has 30 nitrogen and oxygen atoms in total. The van der Waals surface area contributed by atoms with E-state index >= 15 is 0 Å². The number of rotatable bonds is 16. The number of hydrogen-bond acceptors (Lipinski definition) is 29. The maximum atomic E-state index is 13.4. The van der Waals surface area contributed by atoms with Gasteiger partial charge in [0.05, 0.1) is 56.8 Å². The molecule has 94 heavy (non-hydrogen) atoms. The summed E-state index contributed by atoms with van der Waals surface area (Å²) in [5.41, 5.74) is -1.75. The summed E-state index contributed by atoms with van der Waals surface area (Å²) >= 11 is 0.